The Bertz CT molecular complexity index is 446. The Morgan fingerprint density at radius 2 is 2.17 bits per heavy atom. The van der Waals surface area contributed by atoms with Gasteiger partial charge in [-0.3, -0.25) is 4.79 Å². The van der Waals surface area contributed by atoms with Gasteiger partial charge in [0, 0.05) is 6.54 Å². The van der Waals surface area contributed by atoms with Gasteiger partial charge in [-0.05, 0) is 19.1 Å². The van der Waals surface area contributed by atoms with Gasteiger partial charge in [-0.2, -0.15) is 0 Å². The van der Waals surface area contributed by atoms with Gasteiger partial charge in [0.2, 0.25) is 5.91 Å². The molecule has 6 nitrogen and oxygen atoms in total. The summed E-state index contributed by atoms with van der Waals surface area (Å²) in [5.41, 5.74) is 6.34. The number of anilines is 1. The predicted molar refractivity (Wildman–Crippen MR) is 66.6 cm³/mol. The molecule has 0 saturated carbocycles. The molecule has 1 aromatic carbocycles. The normalized spacial score (nSPS) is 10.1. The maximum atomic E-state index is 11.5. The number of hydrogen-bond donors (Lipinski definition) is 3. The number of nitrogens with one attached hydrogen (secondary N) is 1. The van der Waals surface area contributed by atoms with Crippen molar-refractivity contribution in [3.05, 3.63) is 29.3 Å². The van der Waals surface area contributed by atoms with Crippen LogP contribution in [0.2, 0.25) is 0 Å². The Balaban J connectivity index is 2.72. The van der Waals surface area contributed by atoms with Crippen LogP contribution in [0.4, 0.5) is 5.69 Å². The molecular formula is C12H16N2O4. The largest absolute Gasteiger partial charge is 0.478 e. The van der Waals surface area contributed by atoms with E-state index in [0.29, 0.717) is 6.54 Å². The van der Waals surface area contributed by atoms with Crippen molar-refractivity contribution in [1.29, 1.82) is 0 Å². The van der Waals surface area contributed by atoms with Gasteiger partial charge in [0.1, 0.15) is 6.61 Å². The molecule has 0 saturated heterocycles. The monoisotopic (exact) mass is 252 g/mol. The van der Waals surface area contributed by atoms with Crippen LogP contribution in [0, 0.1) is 6.92 Å². The lowest BCUT2D eigenvalue weighted by atomic mass is 10.1. The van der Waals surface area contributed by atoms with Crippen LogP contribution in [0.5, 0.6) is 0 Å². The van der Waals surface area contributed by atoms with E-state index in [1.807, 2.05) is 0 Å². The van der Waals surface area contributed by atoms with Crippen LogP contribution in [-0.2, 0) is 9.53 Å². The number of hydrogen-bond acceptors (Lipinski definition) is 4. The number of benzene rings is 1. The zero-order chi connectivity index (χ0) is 13.5. The van der Waals surface area contributed by atoms with E-state index in [1.165, 1.54) is 6.07 Å². The predicted octanol–water partition coefficient (Wildman–Crippen LogP) is 0.607. The second-order valence-corrected chi connectivity index (χ2v) is 3.74. The lowest BCUT2D eigenvalue weighted by Gasteiger charge is -2.09. The number of ether oxygens (including phenoxy) is 1. The molecule has 0 heterocycles. The van der Waals surface area contributed by atoms with Gasteiger partial charge in [-0.1, -0.05) is 11.6 Å². The molecule has 0 bridgehead atoms. The van der Waals surface area contributed by atoms with Gasteiger partial charge in [-0.15, -0.1) is 0 Å². The van der Waals surface area contributed by atoms with Gasteiger partial charge < -0.3 is 20.9 Å². The first-order chi connectivity index (χ1) is 8.54. The van der Waals surface area contributed by atoms with Crippen LogP contribution in [0.25, 0.3) is 0 Å². The van der Waals surface area contributed by atoms with Crippen LogP contribution in [-0.4, -0.2) is 36.7 Å². The first-order valence-corrected chi connectivity index (χ1v) is 5.46. The molecule has 0 unspecified atom stereocenters. The second-order valence-electron chi connectivity index (χ2n) is 3.74. The van der Waals surface area contributed by atoms with Gasteiger partial charge in [0.05, 0.1) is 17.9 Å². The summed E-state index contributed by atoms with van der Waals surface area (Å²) in [6.45, 7) is 2.25. The molecule has 6 heteroatoms. The highest BCUT2D eigenvalue weighted by molar-refractivity contribution is 6.01. The minimum atomic E-state index is -1.09. The van der Waals surface area contributed by atoms with Crippen LogP contribution in [0.1, 0.15) is 15.9 Å². The van der Waals surface area contributed by atoms with Crippen molar-refractivity contribution in [2.24, 2.45) is 5.73 Å². The van der Waals surface area contributed by atoms with Gasteiger partial charge in [0.15, 0.2) is 0 Å². The molecule has 0 aliphatic rings. The number of aromatic carboxylic acids is 1. The molecule has 18 heavy (non-hydrogen) atoms. The fraction of sp³-hybridized carbons (Fsp3) is 0.333. The zero-order valence-electron chi connectivity index (χ0n) is 10.1. The van der Waals surface area contributed by atoms with E-state index in [-0.39, 0.29) is 24.5 Å². The highest BCUT2D eigenvalue weighted by Gasteiger charge is 2.12. The van der Waals surface area contributed by atoms with Gasteiger partial charge >= 0.3 is 5.97 Å². The van der Waals surface area contributed by atoms with Crippen LogP contribution >= 0.6 is 0 Å². The molecule has 0 spiro atoms. The van der Waals surface area contributed by atoms with Crippen molar-refractivity contribution in [1.82, 2.24) is 0 Å². The minimum Gasteiger partial charge on any atom is -0.478 e. The Kier molecular flexibility index (Phi) is 5.29. The quantitative estimate of drug-likeness (QED) is 0.644. The van der Waals surface area contributed by atoms with Gasteiger partial charge in [0.25, 0.3) is 0 Å². The van der Waals surface area contributed by atoms with E-state index >= 15 is 0 Å². The number of nitrogens with two attached hydrogens (primary N) is 1. The van der Waals surface area contributed by atoms with E-state index < -0.39 is 11.9 Å². The van der Waals surface area contributed by atoms with Crippen molar-refractivity contribution >= 4 is 17.6 Å². The summed E-state index contributed by atoms with van der Waals surface area (Å²) >= 11 is 0. The molecule has 1 rings (SSSR count). The van der Waals surface area contributed by atoms with E-state index in [1.54, 1.807) is 19.1 Å². The average molecular weight is 252 g/mol. The number of carbonyl (C=O) groups is 2. The Morgan fingerprint density at radius 3 is 2.78 bits per heavy atom. The van der Waals surface area contributed by atoms with E-state index in [9.17, 15) is 9.59 Å². The van der Waals surface area contributed by atoms with Crippen molar-refractivity contribution in [2.45, 2.75) is 6.92 Å². The van der Waals surface area contributed by atoms with Crippen molar-refractivity contribution in [3.8, 4) is 0 Å². The van der Waals surface area contributed by atoms with E-state index in [0.717, 1.165) is 5.56 Å². The Labute approximate surface area is 105 Å². The van der Waals surface area contributed by atoms with Crippen LogP contribution < -0.4 is 11.1 Å². The van der Waals surface area contributed by atoms with Crippen LogP contribution in [0.3, 0.4) is 0 Å². The van der Waals surface area contributed by atoms with Crippen molar-refractivity contribution in [2.75, 3.05) is 25.1 Å². The summed E-state index contributed by atoms with van der Waals surface area (Å²) in [5, 5.41) is 11.5. The highest BCUT2D eigenvalue weighted by Crippen LogP contribution is 2.17. The molecular weight excluding hydrogens is 236 g/mol. The fourth-order valence-electron chi connectivity index (χ4n) is 1.38. The Morgan fingerprint density at radius 1 is 1.44 bits per heavy atom. The van der Waals surface area contributed by atoms with Crippen molar-refractivity contribution < 1.29 is 19.4 Å². The fourth-order valence-corrected chi connectivity index (χ4v) is 1.38. The highest BCUT2D eigenvalue weighted by atomic mass is 16.5. The number of rotatable bonds is 6. The SMILES string of the molecule is Cc1ccc(NC(=O)COCCN)c(C(=O)O)c1. The molecule has 0 aromatic heterocycles. The maximum Gasteiger partial charge on any atom is 0.337 e. The molecule has 1 amide bonds. The zero-order valence-corrected chi connectivity index (χ0v) is 10.1. The molecule has 0 fully saturated rings. The number of carboxylic acids is 1. The number of amides is 1. The number of aryl methyl sites for hydroxylation is 1. The molecule has 0 aliphatic heterocycles. The molecule has 0 radical (unpaired) electrons. The molecule has 1 aromatic rings. The third-order valence-electron chi connectivity index (χ3n) is 2.17. The summed E-state index contributed by atoms with van der Waals surface area (Å²) in [6.07, 6.45) is 0. The van der Waals surface area contributed by atoms with E-state index in [4.69, 9.17) is 15.6 Å². The number of carboxylic acid groups (broad SMARTS) is 1. The topological polar surface area (TPSA) is 102 Å². The smallest absolute Gasteiger partial charge is 0.337 e. The number of carbonyl (C=O) groups excluding carboxylic acids is 1. The van der Waals surface area contributed by atoms with Crippen LogP contribution in [0.15, 0.2) is 18.2 Å². The van der Waals surface area contributed by atoms with Gasteiger partial charge in [-0.25, -0.2) is 4.79 Å². The third kappa shape index (κ3) is 4.15. The summed E-state index contributed by atoms with van der Waals surface area (Å²) in [7, 11) is 0. The van der Waals surface area contributed by atoms with Crippen molar-refractivity contribution in [3.63, 3.8) is 0 Å². The summed E-state index contributed by atoms with van der Waals surface area (Å²) in [4.78, 5) is 22.5. The summed E-state index contributed by atoms with van der Waals surface area (Å²) in [6, 6.07) is 4.78. The van der Waals surface area contributed by atoms with E-state index in [2.05, 4.69) is 5.32 Å². The molecule has 98 valence electrons. The standard InChI is InChI=1S/C12H16N2O4/c1-8-2-3-10(9(6-8)12(16)17)14-11(15)7-18-5-4-13/h2-3,6H,4-5,7,13H2,1H3,(H,14,15)(H,16,17). The Hall–Kier alpha value is -1.92. The summed E-state index contributed by atoms with van der Waals surface area (Å²) in [5.74, 6) is -1.49. The maximum absolute atomic E-state index is 11.5. The average Bonchev–Trinajstić information content (AvgIpc) is 2.31. The molecule has 4 N–H and O–H groups in total. The first kappa shape index (κ1) is 14.1. The lowest BCUT2D eigenvalue weighted by molar-refractivity contribution is -0.120. The second kappa shape index (κ2) is 6.73. The third-order valence-corrected chi connectivity index (χ3v) is 2.17. The lowest BCUT2D eigenvalue weighted by Crippen LogP contribution is -2.22. The molecule has 0 atom stereocenters. The summed E-state index contributed by atoms with van der Waals surface area (Å²) < 4.78 is 4.96. The molecule has 0 aliphatic carbocycles. The first-order valence-electron chi connectivity index (χ1n) is 5.46. The minimum absolute atomic E-state index is 0.0576.